The predicted molar refractivity (Wildman–Crippen MR) is 51.9 cm³/mol. The SMILES string of the molecule is CNCc1ccccc1OP(=O)(O)O. The number of rotatable bonds is 4. The first-order chi connectivity index (χ1) is 6.53. The summed E-state index contributed by atoms with van der Waals surface area (Å²) < 4.78 is 15.1. The normalized spacial score (nSPS) is 11.4. The Morgan fingerprint density at radius 1 is 1.43 bits per heavy atom. The lowest BCUT2D eigenvalue weighted by Crippen LogP contribution is -2.06. The highest BCUT2D eigenvalue weighted by Gasteiger charge is 2.17. The summed E-state index contributed by atoms with van der Waals surface area (Å²) in [5.41, 5.74) is 0.707. The van der Waals surface area contributed by atoms with Crippen molar-refractivity contribution in [3.63, 3.8) is 0 Å². The van der Waals surface area contributed by atoms with Gasteiger partial charge in [0.1, 0.15) is 5.75 Å². The van der Waals surface area contributed by atoms with Crippen LogP contribution in [-0.2, 0) is 11.1 Å². The molecule has 0 aromatic heterocycles. The molecule has 1 rings (SSSR count). The first-order valence-corrected chi connectivity index (χ1v) is 5.53. The minimum atomic E-state index is -4.47. The zero-order valence-corrected chi connectivity index (χ0v) is 8.57. The van der Waals surface area contributed by atoms with Gasteiger partial charge in [-0.3, -0.25) is 9.79 Å². The molecule has 1 aromatic rings. The molecule has 0 spiro atoms. The van der Waals surface area contributed by atoms with E-state index in [0.29, 0.717) is 12.1 Å². The second-order valence-corrected chi connectivity index (χ2v) is 3.88. The highest BCUT2D eigenvalue weighted by Crippen LogP contribution is 2.38. The van der Waals surface area contributed by atoms with Crippen molar-refractivity contribution in [3.05, 3.63) is 29.8 Å². The summed E-state index contributed by atoms with van der Waals surface area (Å²) >= 11 is 0. The lowest BCUT2D eigenvalue weighted by atomic mass is 10.2. The van der Waals surface area contributed by atoms with Crippen LogP contribution in [-0.4, -0.2) is 16.8 Å². The van der Waals surface area contributed by atoms with Crippen LogP contribution in [0.5, 0.6) is 5.75 Å². The number of nitrogens with one attached hydrogen (secondary N) is 1. The summed E-state index contributed by atoms with van der Waals surface area (Å²) in [6, 6.07) is 6.69. The van der Waals surface area contributed by atoms with Crippen LogP contribution in [0.3, 0.4) is 0 Å². The fourth-order valence-corrected chi connectivity index (χ4v) is 1.49. The molecule has 0 saturated heterocycles. The van der Waals surface area contributed by atoms with Crippen molar-refractivity contribution in [2.45, 2.75) is 6.54 Å². The minimum Gasteiger partial charge on any atom is -0.404 e. The van der Waals surface area contributed by atoms with Gasteiger partial charge in [0.15, 0.2) is 0 Å². The average Bonchev–Trinajstić information content (AvgIpc) is 2.06. The van der Waals surface area contributed by atoms with Crippen LogP contribution in [0.2, 0.25) is 0 Å². The molecule has 6 heteroatoms. The van der Waals surface area contributed by atoms with Gasteiger partial charge < -0.3 is 9.84 Å². The highest BCUT2D eigenvalue weighted by molar-refractivity contribution is 7.46. The van der Waals surface area contributed by atoms with Crippen molar-refractivity contribution in [2.75, 3.05) is 7.05 Å². The Morgan fingerprint density at radius 2 is 2.07 bits per heavy atom. The van der Waals surface area contributed by atoms with Gasteiger partial charge in [-0.15, -0.1) is 0 Å². The van der Waals surface area contributed by atoms with E-state index < -0.39 is 7.82 Å². The lowest BCUT2D eigenvalue weighted by Gasteiger charge is -2.10. The van der Waals surface area contributed by atoms with E-state index in [1.165, 1.54) is 6.07 Å². The Labute approximate surface area is 82.0 Å². The van der Waals surface area contributed by atoms with E-state index in [1.54, 1.807) is 25.2 Å². The van der Waals surface area contributed by atoms with Gasteiger partial charge in [0.2, 0.25) is 0 Å². The number of hydrogen-bond acceptors (Lipinski definition) is 3. The Balaban J connectivity index is 2.90. The summed E-state index contributed by atoms with van der Waals surface area (Å²) in [4.78, 5) is 17.3. The highest BCUT2D eigenvalue weighted by atomic mass is 31.2. The zero-order chi connectivity index (χ0) is 10.6. The topological polar surface area (TPSA) is 78.8 Å². The number of hydrogen-bond donors (Lipinski definition) is 3. The van der Waals surface area contributed by atoms with Crippen molar-refractivity contribution in [2.24, 2.45) is 0 Å². The third kappa shape index (κ3) is 3.47. The Morgan fingerprint density at radius 3 is 2.64 bits per heavy atom. The van der Waals surface area contributed by atoms with Crippen molar-refractivity contribution < 1.29 is 18.9 Å². The molecule has 0 fully saturated rings. The fourth-order valence-electron chi connectivity index (χ4n) is 1.06. The summed E-state index contributed by atoms with van der Waals surface area (Å²) in [6.45, 7) is 0.496. The van der Waals surface area contributed by atoms with Gasteiger partial charge in [-0.1, -0.05) is 18.2 Å². The van der Waals surface area contributed by atoms with Gasteiger partial charge in [-0.05, 0) is 13.1 Å². The number of para-hydroxylation sites is 1. The first-order valence-electron chi connectivity index (χ1n) is 4.00. The van der Waals surface area contributed by atoms with Crippen molar-refractivity contribution in [3.8, 4) is 5.75 Å². The molecule has 0 aliphatic heterocycles. The molecule has 0 unspecified atom stereocenters. The smallest absolute Gasteiger partial charge is 0.404 e. The molecule has 0 bridgehead atoms. The summed E-state index contributed by atoms with van der Waals surface area (Å²) in [5.74, 6) is 0.204. The molecule has 1 aromatic carbocycles. The van der Waals surface area contributed by atoms with E-state index in [-0.39, 0.29) is 5.75 Å². The lowest BCUT2D eigenvalue weighted by molar-refractivity contribution is 0.282. The van der Waals surface area contributed by atoms with Crippen LogP contribution in [0, 0.1) is 0 Å². The second-order valence-electron chi connectivity index (χ2n) is 2.72. The van der Waals surface area contributed by atoms with Crippen LogP contribution in [0.15, 0.2) is 24.3 Å². The molecular formula is C8H12NO4P. The van der Waals surface area contributed by atoms with Crippen molar-refractivity contribution in [1.29, 1.82) is 0 Å². The van der Waals surface area contributed by atoms with E-state index in [1.807, 2.05) is 0 Å². The third-order valence-electron chi connectivity index (χ3n) is 1.56. The molecular weight excluding hydrogens is 205 g/mol. The van der Waals surface area contributed by atoms with Gasteiger partial charge in [0, 0.05) is 12.1 Å². The first kappa shape index (κ1) is 11.2. The van der Waals surface area contributed by atoms with Crippen LogP contribution in [0.25, 0.3) is 0 Å². The summed E-state index contributed by atoms with van der Waals surface area (Å²) in [6.07, 6.45) is 0. The molecule has 0 heterocycles. The second kappa shape index (κ2) is 4.57. The molecule has 5 nitrogen and oxygen atoms in total. The van der Waals surface area contributed by atoms with E-state index in [0.717, 1.165) is 0 Å². The average molecular weight is 217 g/mol. The molecule has 0 aliphatic rings. The molecule has 3 N–H and O–H groups in total. The van der Waals surface area contributed by atoms with Gasteiger partial charge in [0.25, 0.3) is 0 Å². The third-order valence-corrected chi connectivity index (χ3v) is 1.99. The van der Waals surface area contributed by atoms with Crippen LogP contribution >= 0.6 is 7.82 Å². The van der Waals surface area contributed by atoms with Gasteiger partial charge in [0.05, 0.1) is 0 Å². The standard InChI is InChI=1S/C8H12NO4P/c1-9-6-7-4-2-3-5-8(7)13-14(10,11)12/h2-5,9H,6H2,1H3,(H2,10,11,12). The number of phosphoric acid groups is 1. The van der Waals surface area contributed by atoms with E-state index in [2.05, 4.69) is 9.84 Å². The minimum absolute atomic E-state index is 0.204. The molecule has 14 heavy (non-hydrogen) atoms. The Hall–Kier alpha value is -0.870. The largest absolute Gasteiger partial charge is 0.524 e. The predicted octanol–water partition coefficient (Wildman–Crippen LogP) is 0.877. The monoisotopic (exact) mass is 217 g/mol. The molecule has 0 atom stereocenters. The summed E-state index contributed by atoms with van der Waals surface area (Å²) in [5, 5.41) is 2.88. The summed E-state index contributed by atoms with van der Waals surface area (Å²) in [7, 11) is -2.72. The van der Waals surface area contributed by atoms with Crippen molar-refractivity contribution in [1.82, 2.24) is 5.32 Å². The Kier molecular flexibility index (Phi) is 3.66. The van der Waals surface area contributed by atoms with Crippen LogP contribution in [0.4, 0.5) is 0 Å². The zero-order valence-electron chi connectivity index (χ0n) is 7.67. The maximum absolute atomic E-state index is 10.6. The maximum atomic E-state index is 10.6. The molecule has 0 radical (unpaired) electrons. The van der Waals surface area contributed by atoms with E-state index >= 15 is 0 Å². The molecule has 78 valence electrons. The number of benzene rings is 1. The van der Waals surface area contributed by atoms with Crippen LogP contribution < -0.4 is 9.84 Å². The Bertz CT molecular complexity index is 349. The molecule has 0 amide bonds. The van der Waals surface area contributed by atoms with Crippen molar-refractivity contribution >= 4 is 7.82 Å². The van der Waals surface area contributed by atoms with Gasteiger partial charge in [-0.2, -0.15) is 0 Å². The molecule has 0 saturated carbocycles. The fraction of sp³-hybridized carbons (Fsp3) is 0.250. The molecule has 0 aliphatic carbocycles. The van der Waals surface area contributed by atoms with Gasteiger partial charge in [-0.25, -0.2) is 4.57 Å². The van der Waals surface area contributed by atoms with E-state index in [4.69, 9.17) is 9.79 Å². The maximum Gasteiger partial charge on any atom is 0.524 e. The van der Waals surface area contributed by atoms with E-state index in [9.17, 15) is 4.57 Å². The number of phosphoric ester groups is 1. The quantitative estimate of drug-likeness (QED) is 0.652. The van der Waals surface area contributed by atoms with Crippen LogP contribution in [0.1, 0.15) is 5.56 Å². The van der Waals surface area contributed by atoms with Gasteiger partial charge >= 0.3 is 7.82 Å².